The molecule has 0 bridgehead atoms. The first kappa shape index (κ1) is 20.8. The molecule has 0 unspecified atom stereocenters. The zero-order chi connectivity index (χ0) is 17.6. The second-order valence-corrected chi connectivity index (χ2v) is 8.59. The summed E-state index contributed by atoms with van der Waals surface area (Å²) in [4.78, 5) is 4.12. The highest BCUT2D eigenvalue weighted by Crippen LogP contribution is 2.24. The van der Waals surface area contributed by atoms with E-state index in [4.69, 9.17) is 0 Å². The maximum atomic E-state index is 3.66. The average molecular weight is 363 g/mol. The Hall–Kier alpha value is -0.510. The van der Waals surface area contributed by atoms with Gasteiger partial charge in [-0.25, -0.2) is 0 Å². The van der Waals surface area contributed by atoms with Gasteiger partial charge in [0.25, 0.3) is 0 Å². The van der Waals surface area contributed by atoms with E-state index in [1.165, 1.54) is 81.6 Å². The van der Waals surface area contributed by atoms with Gasteiger partial charge in [-0.1, -0.05) is 50.8 Å². The molecule has 1 N–H and O–H groups in total. The molecule has 1 aliphatic carbocycles. The van der Waals surface area contributed by atoms with Crippen LogP contribution < -0.4 is 5.32 Å². The van der Waals surface area contributed by atoms with Gasteiger partial charge in [0.1, 0.15) is 0 Å². The Labute approximate surface area is 160 Å². The molecule has 1 aromatic carbocycles. The van der Waals surface area contributed by atoms with E-state index < -0.39 is 0 Å². The van der Waals surface area contributed by atoms with Crippen molar-refractivity contribution in [3.63, 3.8) is 0 Å². The molecule has 0 spiro atoms. The van der Waals surface area contributed by atoms with E-state index in [2.05, 4.69) is 47.5 Å². The van der Waals surface area contributed by atoms with Gasteiger partial charge in [0, 0.05) is 24.5 Å². The summed E-state index contributed by atoms with van der Waals surface area (Å²) in [6.45, 7) is 8.45. The fourth-order valence-corrected chi connectivity index (χ4v) is 4.55. The Morgan fingerprint density at radius 2 is 1.80 bits per heavy atom. The van der Waals surface area contributed by atoms with Crippen LogP contribution in [0.5, 0.6) is 0 Å². The predicted molar refractivity (Wildman–Crippen MR) is 113 cm³/mol. The first-order chi connectivity index (χ1) is 12.4. The smallest absolute Gasteiger partial charge is 0.0107 e. The Kier molecular flexibility index (Phi) is 11.4. The van der Waals surface area contributed by atoms with Crippen molar-refractivity contribution in [2.24, 2.45) is 5.92 Å². The third-order valence-corrected chi connectivity index (χ3v) is 6.28. The molecule has 2 nitrogen and oxygen atoms in total. The van der Waals surface area contributed by atoms with Crippen LogP contribution in [0.25, 0.3) is 0 Å². The molecule has 0 aliphatic heterocycles. The number of benzene rings is 1. The molecule has 0 aromatic heterocycles. The van der Waals surface area contributed by atoms with Crippen molar-refractivity contribution in [2.45, 2.75) is 63.2 Å². The number of unbranched alkanes of at least 4 members (excludes halogenated alkanes) is 1. The van der Waals surface area contributed by atoms with Gasteiger partial charge in [-0.2, -0.15) is 0 Å². The van der Waals surface area contributed by atoms with Crippen LogP contribution in [0.3, 0.4) is 0 Å². The van der Waals surface area contributed by atoms with Crippen molar-refractivity contribution >= 4 is 11.8 Å². The minimum atomic E-state index is 0.966. The zero-order valence-electron chi connectivity index (χ0n) is 16.2. The van der Waals surface area contributed by atoms with Crippen molar-refractivity contribution in [2.75, 3.05) is 38.5 Å². The summed E-state index contributed by atoms with van der Waals surface area (Å²) in [6.07, 6.45) is 11.2. The normalized spacial score (nSPS) is 15.8. The molecular formula is C22H38N2S. The number of nitrogens with zero attached hydrogens (tertiary/aromatic N) is 1. The molecule has 25 heavy (non-hydrogen) atoms. The van der Waals surface area contributed by atoms with Crippen molar-refractivity contribution in [3.8, 4) is 0 Å². The standard InChI is InChI=1S/C22H38N2S/c1-2-3-17-24(20-21-11-6-4-7-12-21)18-16-23-15-10-19-25-22-13-8-5-9-14-22/h5,8-9,13-14,21,23H,2-4,6-7,10-12,15-20H2,1H3. The average Bonchev–Trinajstić information content (AvgIpc) is 2.66. The third-order valence-electron chi connectivity index (χ3n) is 5.18. The van der Waals surface area contributed by atoms with Gasteiger partial charge in [0.15, 0.2) is 0 Å². The quantitative estimate of drug-likeness (QED) is 0.371. The van der Waals surface area contributed by atoms with Crippen LogP contribution in [0.4, 0.5) is 0 Å². The van der Waals surface area contributed by atoms with Gasteiger partial charge in [0.05, 0.1) is 0 Å². The third kappa shape index (κ3) is 9.67. The SMILES string of the molecule is CCCCN(CCNCCCSc1ccccc1)CC1CCCCC1. The molecule has 1 aliphatic rings. The van der Waals surface area contributed by atoms with Crippen LogP contribution in [0, 0.1) is 5.92 Å². The van der Waals surface area contributed by atoms with Gasteiger partial charge in [0.2, 0.25) is 0 Å². The molecule has 0 radical (unpaired) electrons. The lowest BCUT2D eigenvalue weighted by atomic mass is 9.89. The van der Waals surface area contributed by atoms with Crippen LogP contribution in [0.2, 0.25) is 0 Å². The van der Waals surface area contributed by atoms with Crippen LogP contribution >= 0.6 is 11.8 Å². The van der Waals surface area contributed by atoms with E-state index in [1.54, 1.807) is 0 Å². The summed E-state index contributed by atoms with van der Waals surface area (Å²) in [7, 11) is 0. The van der Waals surface area contributed by atoms with E-state index in [1.807, 2.05) is 11.8 Å². The summed E-state index contributed by atoms with van der Waals surface area (Å²) < 4.78 is 0. The maximum absolute atomic E-state index is 3.66. The summed E-state index contributed by atoms with van der Waals surface area (Å²) >= 11 is 1.97. The van der Waals surface area contributed by atoms with Crippen LogP contribution in [0.15, 0.2) is 35.2 Å². The van der Waals surface area contributed by atoms with Crippen molar-refractivity contribution in [3.05, 3.63) is 30.3 Å². The van der Waals surface area contributed by atoms with Gasteiger partial charge in [-0.05, 0) is 62.6 Å². The molecule has 2 rings (SSSR count). The highest BCUT2D eigenvalue weighted by atomic mass is 32.2. The summed E-state index contributed by atoms with van der Waals surface area (Å²) in [5, 5.41) is 3.66. The topological polar surface area (TPSA) is 15.3 Å². The number of hydrogen-bond donors (Lipinski definition) is 1. The van der Waals surface area contributed by atoms with Gasteiger partial charge in [-0.3, -0.25) is 0 Å². The number of thioether (sulfide) groups is 1. The molecular weight excluding hydrogens is 324 g/mol. The molecule has 0 amide bonds. The molecule has 3 heteroatoms. The Balaban J connectivity index is 1.53. The van der Waals surface area contributed by atoms with Gasteiger partial charge < -0.3 is 10.2 Å². The van der Waals surface area contributed by atoms with E-state index >= 15 is 0 Å². The second kappa shape index (κ2) is 13.7. The largest absolute Gasteiger partial charge is 0.315 e. The lowest BCUT2D eigenvalue weighted by Crippen LogP contribution is -2.37. The van der Waals surface area contributed by atoms with E-state index in [0.29, 0.717) is 0 Å². The van der Waals surface area contributed by atoms with E-state index in [-0.39, 0.29) is 0 Å². The summed E-state index contributed by atoms with van der Waals surface area (Å²) in [6, 6.07) is 10.7. The number of nitrogens with one attached hydrogen (secondary N) is 1. The number of rotatable bonds is 13. The highest BCUT2D eigenvalue weighted by Gasteiger charge is 2.16. The summed E-state index contributed by atoms with van der Waals surface area (Å²) in [5.41, 5.74) is 0. The Bertz CT molecular complexity index is 417. The fraction of sp³-hybridized carbons (Fsp3) is 0.727. The fourth-order valence-electron chi connectivity index (χ4n) is 3.68. The lowest BCUT2D eigenvalue weighted by molar-refractivity contribution is 0.198. The Morgan fingerprint density at radius 1 is 1.00 bits per heavy atom. The molecule has 0 heterocycles. The minimum absolute atomic E-state index is 0.966. The second-order valence-electron chi connectivity index (χ2n) is 7.42. The molecule has 1 fully saturated rings. The monoisotopic (exact) mass is 362 g/mol. The van der Waals surface area contributed by atoms with Crippen molar-refractivity contribution in [1.82, 2.24) is 10.2 Å². The first-order valence-electron chi connectivity index (χ1n) is 10.5. The molecule has 1 saturated carbocycles. The van der Waals surface area contributed by atoms with Crippen molar-refractivity contribution < 1.29 is 0 Å². The molecule has 0 saturated heterocycles. The van der Waals surface area contributed by atoms with Gasteiger partial charge in [-0.15, -0.1) is 11.8 Å². The van der Waals surface area contributed by atoms with Gasteiger partial charge >= 0.3 is 0 Å². The maximum Gasteiger partial charge on any atom is 0.0107 e. The number of hydrogen-bond acceptors (Lipinski definition) is 3. The molecule has 142 valence electrons. The molecule has 1 aromatic rings. The lowest BCUT2D eigenvalue weighted by Gasteiger charge is -2.29. The summed E-state index contributed by atoms with van der Waals surface area (Å²) in [5.74, 6) is 2.17. The zero-order valence-corrected chi connectivity index (χ0v) is 17.0. The first-order valence-corrected chi connectivity index (χ1v) is 11.5. The van der Waals surface area contributed by atoms with Crippen LogP contribution in [-0.4, -0.2) is 43.4 Å². The van der Waals surface area contributed by atoms with Crippen LogP contribution in [0.1, 0.15) is 58.3 Å². The Morgan fingerprint density at radius 3 is 2.56 bits per heavy atom. The van der Waals surface area contributed by atoms with E-state index in [9.17, 15) is 0 Å². The van der Waals surface area contributed by atoms with Crippen LogP contribution in [-0.2, 0) is 0 Å². The highest BCUT2D eigenvalue weighted by molar-refractivity contribution is 7.99. The van der Waals surface area contributed by atoms with Crippen molar-refractivity contribution in [1.29, 1.82) is 0 Å². The minimum Gasteiger partial charge on any atom is -0.315 e. The van der Waals surface area contributed by atoms with E-state index in [0.717, 1.165) is 19.0 Å². The predicted octanol–water partition coefficient (Wildman–Crippen LogP) is 5.44. The molecule has 0 atom stereocenters.